The number of nitrogens with zero attached hydrogens (tertiary/aromatic N) is 1. The first-order valence-corrected chi connectivity index (χ1v) is 12.8. The maximum absolute atomic E-state index is 9.37. The van der Waals surface area contributed by atoms with Crippen LogP contribution in [0.4, 0.5) is 0 Å². The summed E-state index contributed by atoms with van der Waals surface area (Å²) in [6, 6.07) is 0. The van der Waals surface area contributed by atoms with Crippen LogP contribution in [-0.4, -0.2) is 35.5 Å². The molecule has 3 heteroatoms. The molecule has 0 amide bonds. The molecule has 2 atom stereocenters. The number of allylic oxidation sites excluding steroid dienone is 1. The highest BCUT2D eigenvalue weighted by atomic mass is 16.3. The molecule has 0 saturated carbocycles. The van der Waals surface area contributed by atoms with Gasteiger partial charge in [0.2, 0.25) is 0 Å². The lowest BCUT2D eigenvalue weighted by atomic mass is 10.0. The van der Waals surface area contributed by atoms with E-state index in [9.17, 15) is 5.11 Å². The zero-order valence-electron chi connectivity index (χ0n) is 19.7. The minimum atomic E-state index is 0.249. The van der Waals surface area contributed by atoms with Gasteiger partial charge in [0.15, 0.2) is 6.17 Å². The number of nitrogens with one attached hydrogen (secondary N) is 1. The molecule has 0 saturated heterocycles. The summed E-state index contributed by atoms with van der Waals surface area (Å²) < 4.78 is 0.861. The van der Waals surface area contributed by atoms with Gasteiger partial charge in [-0.05, 0) is 19.8 Å². The van der Waals surface area contributed by atoms with Gasteiger partial charge in [0, 0.05) is 6.42 Å². The highest BCUT2D eigenvalue weighted by Gasteiger charge is 2.35. The SMILES string of the molecule is CCCCCCCCCCCCCCCC/C=C/CC1NC=C[N+]1(CC)CCO. The highest BCUT2D eigenvalue weighted by molar-refractivity contribution is 4.91. The van der Waals surface area contributed by atoms with Crippen LogP contribution in [0.2, 0.25) is 0 Å². The summed E-state index contributed by atoms with van der Waals surface area (Å²) in [6.45, 7) is 6.58. The normalized spacial score (nSPS) is 21.3. The molecule has 0 bridgehead atoms. The summed E-state index contributed by atoms with van der Waals surface area (Å²) in [4.78, 5) is 0. The molecular weight excluding hydrogens is 356 g/mol. The first kappa shape index (κ1) is 26.2. The van der Waals surface area contributed by atoms with Gasteiger partial charge in [0.25, 0.3) is 0 Å². The molecule has 3 nitrogen and oxygen atoms in total. The van der Waals surface area contributed by atoms with Crippen molar-refractivity contribution in [3.05, 3.63) is 24.6 Å². The number of likely N-dealkylation sites (N-methyl/N-ethyl adjacent to an activating group) is 1. The Morgan fingerprint density at radius 1 is 0.793 bits per heavy atom. The van der Waals surface area contributed by atoms with Gasteiger partial charge < -0.3 is 10.4 Å². The van der Waals surface area contributed by atoms with E-state index < -0.39 is 0 Å². The number of aliphatic hydroxyl groups excluding tert-OH is 1. The summed E-state index contributed by atoms with van der Waals surface area (Å²) in [6.07, 6.45) is 31.6. The molecule has 29 heavy (non-hydrogen) atoms. The molecule has 170 valence electrons. The van der Waals surface area contributed by atoms with Crippen molar-refractivity contribution in [3.8, 4) is 0 Å². The second-order valence-corrected chi connectivity index (χ2v) is 8.96. The van der Waals surface area contributed by atoms with Crippen molar-refractivity contribution in [1.29, 1.82) is 0 Å². The van der Waals surface area contributed by atoms with E-state index in [0.717, 1.165) is 24.0 Å². The van der Waals surface area contributed by atoms with Crippen molar-refractivity contribution >= 4 is 0 Å². The van der Waals surface area contributed by atoms with Gasteiger partial charge >= 0.3 is 0 Å². The summed E-state index contributed by atoms with van der Waals surface area (Å²) in [5, 5.41) is 12.8. The fourth-order valence-electron chi connectivity index (χ4n) is 4.53. The molecular formula is C26H51N2O+. The fourth-order valence-corrected chi connectivity index (χ4v) is 4.53. The molecule has 0 fully saturated rings. The zero-order chi connectivity index (χ0) is 21.0. The van der Waals surface area contributed by atoms with Gasteiger partial charge in [-0.15, -0.1) is 0 Å². The van der Waals surface area contributed by atoms with Gasteiger partial charge in [0.1, 0.15) is 12.7 Å². The van der Waals surface area contributed by atoms with Gasteiger partial charge in [0.05, 0.1) is 19.4 Å². The van der Waals surface area contributed by atoms with E-state index in [1.807, 2.05) is 0 Å². The molecule has 0 aliphatic carbocycles. The van der Waals surface area contributed by atoms with Crippen molar-refractivity contribution in [3.63, 3.8) is 0 Å². The Bertz CT molecular complexity index is 421. The highest BCUT2D eigenvalue weighted by Crippen LogP contribution is 2.21. The van der Waals surface area contributed by atoms with E-state index in [-0.39, 0.29) is 6.61 Å². The lowest BCUT2D eigenvalue weighted by molar-refractivity contribution is -0.899. The third kappa shape index (κ3) is 11.8. The predicted octanol–water partition coefficient (Wildman–Crippen LogP) is 7.03. The first-order valence-electron chi connectivity index (χ1n) is 12.8. The van der Waals surface area contributed by atoms with E-state index in [1.54, 1.807) is 0 Å². The topological polar surface area (TPSA) is 32.3 Å². The smallest absolute Gasteiger partial charge is 0.169 e. The van der Waals surface area contributed by atoms with Crippen molar-refractivity contribution in [2.75, 3.05) is 19.7 Å². The van der Waals surface area contributed by atoms with Crippen LogP contribution in [0.15, 0.2) is 24.6 Å². The monoisotopic (exact) mass is 407 g/mol. The maximum Gasteiger partial charge on any atom is 0.169 e. The van der Waals surface area contributed by atoms with Crippen LogP contribution in [0.1, 0.15) is 117 Å². The van der Waals surface area contributed by atoms with E-state index in [2.05, 4.69) is 43.7 Å². The fraction of sp³-hybridized carbons (Fsp3) is 0.846. The molecule has 0 radical (unpaired) electrons. The number of aliphatic hydroxyl groups is 1. The molecule has 1 heterocycles. The van der Waals surface area contributed by atoms with Crippen LogP contribution >= 0.6 is 0 Å². The third-order valence-corrected chi connectivity index (χ3v) is 6.64. The number of rotatable bonds is 20. The van der Waals surface area contributed by atoms with E-state index in [1.165, 1.54) is 96.3 Å². The Labute approximate surface area is 182 Å². The van der Waals surface area contributed by atoms with Gasteiger partial charge in [-0.2, -0.15) is 0 Å². The first-order chi connectivity index (χ1) is 14.3. The summed E-state index contributed by atoms with van der Waals surface area (Å²) in [5.74, 6) is 0. The molecule has 1 rings (SSSR count). The number of quaternary nitrogens is 1. The second kappa shape index (κ2) is 18.0. The zero-order valence-corrected chi connectivity index (χ0v) is 19.7. The molecule has 0 aromatic rings. The van der Waals surface area contributed by atoms with Gasteiger partial charge in [-0.25, -0.2) is 0 Å². The standard InChI is InChI=1S/C26H51N2O/c1-3-5-6-7-8-9-10-11-12-13-14-15-16-17-18-19-20-21-26-27-22-23-28(26,4-2)24-25-29/h19-20,22-23,26-27,29H,3-18,21,24-25H2,1-2H3/q+1/b20-19+. The van der Waals surface area contributed by atoms with Crippen LogP contribution in [0.3, 0.4) is 0 Å². The van der Waals surface area contributed by atoms with E-state index in [0.29, 0.717) is 6.17 Å². The van der Waals surface area contributed by atoms with Gasteiger partial charge in [-0.3, -0.25) is 4.48 Å². The summed E-state index contributed by atoms with van der Waals surface area (Å²) in [5.41, 5.74) is 0. The average Bonchev–Trinajstić information content (AvgIpc) is 3.13. The number of unbranched alkanes of at least 4 members (excludes halogenated alkanes) is 14. The van der Waals surface area contributed by atoms with Crippen LogP contribution in [0.5, 0.6) is 0 Å². The van der Waals surface area contributed by atoms with Gasteiger partial charge in [-0.1, -0.05) is 103 Å². The van der Waals surface area contributed by atoms with E-state index >= 15 is 0 Å². The van der Waals surface area contributed by atoms with Crippen molar-refractivity contribution in [2.24, 2.45) is 0 Å². The van der Waals surface area contributed by atoms with Crippen molar-refractivity contribution in [2.45, 2.75) is 123 Å². The molecule has 1 aliphatic heterocycles. The third-order valence-electron chi connectivity index (χ3n) is 6.64. The Balaban J connectivity index is 1.89. The lowest BCUT2D eigenvalue weighted by Gasteiger charge is -2.36. The average molecular weight is 408 g/mol. The second-order valence-electron chi connectivity index (χ2n) is 8.96. The quantitative estimate of drug-likeness (QED) is 0.129. The van der Waals surface area contributed by atoms with E-state index in [4.69, 9.17) is 0 Å². The van der Waals surface area contributed by atoms with Crippen LogP contribution in [0, 0.1) is 0 Å². The predicted molar refractivity (Wildman–Crippen MR) is 128 cm³/mol. The minimum Gasteiger partial charge on any atom is -0.390 e. The van der Waals surface area contributed by atoms with Crippen LogP contribution in [-0.2, 0) is 0 Å². The Morgan fingerprint density at radius 3 is 1.86 bits per heavy atom. The largest absolute Gasteiger partial charge is 0.390 e. The Hall–Kier alpha value is -0.800. The summed E-state index contributed by atoms with van der Waals surface area (Å²) >= 11 is 0. The molecule has 0 aromatic carbocycles. The van der Waals surface area contributed by atoms with Crippen LogP contribution in [0.25, 0.3) is 0 Å². The molecule has 0 spiro atoms. The number of hydrogen-bond acceptors (Lipinski definition) is 2. The Kier molecular flexibility index (Phi) is 16.3. The lowest BCUT2D eigenvalue weighted by Crippen LogP contribution is -2.53. The molecule has 2 unspecified atom stereocenters. The molecule has 0 aromatic heterocycles. The summed E-state index contributed by atoms with van der Waals surface area (Å²) in [7, 11) is 0. The van der Waals surface area contributed by atoms with Crippen molar-refractivity contribution in [1.82, 2.24) is 5.32 Å². The Morgan fingerprint density at radius 2 is 1.34 bits per heavy atom. The molecule has 1 aliphatic rings. The number of hydrogen-bond donors (Lipinski definition) is 2. The maximum atomic E-state index is 9.37. The van der Waals surface area contributed by atoms with Crippen molar-refractivity contribution < 1.29 is 9.59 Å². The van der Waals surface area contributed by atoms with Crippen LogP contribution < -0.4 is 5.32 Å². The minimum absolute atomic E-state index is 0.249. The molecule has 2 N–H and O–H groups in total.